The minimum Gasteiger partial charge on any atom is -0.481 e. The summed E-state index contributed by atoms with van der Waals surface area (Å²) in [5.74, 6) is -0.745. The molecule has 0 bridgehead atoms. The summed E-state index contributed by atoms with van der Waals surface area (Å²) in [4.78, 5) is 22.0. The van der Waals surface area contributed by atoms with Gasteiger partial charge in [0.2, 0.25) is 5.91 Å². The van der Waals surface area contributed by atoms with E-state index in [-0.39, 0.29) is 12.3 Å². The highest BCUT2D eigenvalue weighted by molar-refractivity contribution is 14.1. The van der Waals surface area contributed by atoms with Gasteiger partial charge in [-0.05, 0) is 47.1 Å². The van der Waals surface area contributed by atoms with E-state index in [0.717, 1.165) is 22.0 Å². The lowest BCUT2D eigenvalue weighted by Gasteiger charge is -2.06. The number of halogens is 1. The normalized spacial score (nSPS) is 10.2. The maximum atomic E-state index is 11.7. The molecule has 0 aliphatic heterocycles. The Morgan fingerprint density at radius 1 is 1.16 bits per heavy atom. The number of rotatable bonds is 8. The van der Waals surface area contributed by atoms with Crippen LogP contribution in [0.3, 0.4) is 0 Å². The number of carbonyl (C=O) groups excluding carboxylic acids is 1. The number of unbranched alkanes of at least 4 members (excludes halogenated alkanes) is 2. The number of hydrogen-bond donors (Lipinski definition) is 2. The van der Waals surface area contributed by atoms with Gasteiger partial charge in [0.15, 0.2) is 0 Å². The second-order valence-corrected chi connectivity index (χ2v) is 5.48. The quantitative estimate of drug-likeness (QED) is 0.542. The molecule has 4 nitrogen and oxygen atoms in total. The van der Waals surface area contributed by atoms with E-state index in [2.05, 4.69) is 27.9 Å². The molecule has 0 aromatic heterocycles. The summed E-state index contributed by atoms with van der Waals surface area (Å²) in [6, 6.07) is 7.81. The standard InChI is InChI=1S/C14H18INO3/c15-12-7-4-3-6-11(12)10-13(17)16-9-5-1-2-8-14(18)19/h3-4,6-7H,1-2,5,8-10H2,(H,16,17)(H,18,19). The number of carboxylic acid groups (broad SMARTS) is 1. The molecule has 0 saturated carbocycles. The van der Waals surface area contributed by atoms with Crippen LogP contribution in [0.25, 0.3) is 0 Å². The summed E-state index contributed by atoms with van der Waals surface area (Å²) >= 11 is 2.22. The number of hydrogen-bond acceptors (Lipinski definition) is 2. The molecule has 0 atom stereocenters. The van der Waals surface area contributed by atoms with E-state index in [1.165, 1.54) is 0 Å². The Labute approximate surface area is 126 Å². The number of benzene rings is 1. The largest absolute Gasteiger partial charge is 0.481 e. The van der Waals surface area contributed by atoms with Crippen LogP contribution >= 0.6 is 22.6 Å². The molecule has 104 valence electrons. The first-order chi connectivity index (χ1) is 9.09. The molecule has 1 rings (SSSR count). The van der Waals surface area contributed by atoms with E-state index < -0.39 is 5.97 Å². The van der Waals surface area contributed by atoms with Crippen LogP contribution < -0.4 is 5.32 Å². The van der Waals surface area contributed by atoms with Crippen LogP contribution in [0.1, 0.15) is 31.2 Å². The fourth-order valence-corrected chi connectivity index (χ4v) is 2.26. The van der Waals surface area contributed by atoms with E-state index in [1.807, 2.05) is 24.3 Å². The first kappa shape index (κ1) is 15.9. The van der Waals surface area contributed by atoms with Gasteiger partial charge in [0, 0.05) is 16.5 Å². The van der Waals surface area contributed by atoms with Crippen molar-refractivity contribution in [2.75, 3.05) is 6.54 Å². The third-order valence-electron chi connectivity index (χ3n) is 2.70. The fraction of sp³-hybridized carbons (Fsp3) is 0.429. The average Bonchev–Trinajstić information content (AvgIpc) is 2.36. The minimum absolute atomic E-state index is 0.0161. The zero-order valence-corrected chi connectivity index (χ0v) is 12.9. The summed E-state index contributed by atoms with van der Waals surface area (Å²) in [7, 11) is 0. The zero-order chi connectivity index (χ0) is 14.1. The molecule has 0 radical (unpaired) electrons. The Morgan fingerprint density at radius 2 is 1.89 bits per heavy atom. The zero-order valence-electron chi connectivity index (χ0n) is 10.7. The number of aliphatic carboxylic acids is 1. The number of nitrogens with one attached hydrogen (secondary N) is 1. The van der Waals surface area contributed by atoms with E-state index in [9.17, 15) is 9.59 Å². The summed E-state index contributed by atoms with van der Waals surface area (Å²) in [5.41, 5.74) is 1.03. The molecular weight excluding hydrogens is 357 g/mol. The predicted octanol–water partition coefficient (Wildman–Crippen LogP) is 2.59. The van der Waals surface area contributed by atoms with Crippen LogP contribution in [0.15, 0.2) is 24.3 Å². The van der Waals surface area contributed by atoms with Crippen molar-refractivity contribution < 1.29 is 14.7 Å². The van der Waals surface area contributed by atoms with Gasteiger partial charge in [0.1, 0.15) is 0 Å². The average molecular weight is 375 g/mol. The van der Waals surface area contributed by atoms with Gasteiger partial charge >= 0.3 is 5.97 Å². The lowest BCUT2D eigenvalue weighted by molar-refractivity contribution is -0.137. The van der Waals surface area contributed by atoms with Crippen LogP contribution in [0.2, 0.25) is 0 Å². The van der Waals surface area contributed by atoms with Crippen molar-refractivity contribution in [1.29, 1.82) is 0 Å². The van der Waals surface area contributed by atoms with Gasteiger partial charge in [0.25, 0.3) is 0 Å². The van der Waals surface area contributed by atoms with Crippen molar-refractivity contribution in [1.82, 2.24) is 5.32 Å². The molecule has 0 spiro atoms. The minimum atomic E-state index is -0.761. The monoisotopic (exact) mass is 375 g/mol. The maximum absolute atomic E-state index is 11.7. The molecule has 2 N–H and O–H groups in total. The van der Waals surface area contributed by atoms with Crippen LogP contribution in [-0.4, -0.2) is 23.5 Å². The second-order valence-electron chi connectivity index (χ2n) is 4.32. The Hall–Kier alpha value is -1.11. The van der Waals surface area contributed by atoms with Crippen molar-refractivity contribution in [2.45, 2.75) is 32.1 Å². The SMILES string of the molecule is O=C(O)CCCCCNC(=O)Cc1ccccc1I. The smallest absolute Gasteiger partial charge is 0.303 e. The summed E-state index contributed by atoms with van der Waals surface area (Å²) in [6.07, 6.45) is 2.92. The first-order valence-electron chi connectivity index (χ1n) is 6.31. The number of carboxylic acids is 1. The topological polar surface area (TPSA) is 66.4 Å². The van der Waals surface area contributed by atoms with Crippen molar-refractivity contribution >= 4 is 34.5 Å². The number of amides is 1. The van der Waals surface area contributed by atoms with E-state index in [1.54, 1.807) is 0 Å². The molecule has 19 heavy (non-hydrogen) atoms. The van der Waals surface area contributed by atoms with Crippen molar-refractivity contribution in [3.63, 3.8) is 0 Å². The Kier molecular flexibility index (Phi) is 7.47. The Balaban J connectivity index is 2.15. The van der Waals surface area contributed by atoms with Crippen molar-refractivity contribution in [3.8, 4) is 0 Å². The third-order valence-corrected chi connectivity index (χ3v) is 3.75. The molecule has 5 heteroatoms. The van der Waals surface area contributed by atoms with Gasteiger partial charge in [0.05, 0.1) is 6.42 Å². The van der Waals surface area contributed by atoms with Crippen LogP contribution in [-0.2, 0) is 16.0 Å². The van der Waals surface area contributed by atoms with Gasteiger partial charge in [-0.15, -0.1) is 0 Å². The van der Waals surface area contributed by atoms with Crippen molar-refractivity contribution in [3.05, 3.63) is 33.4 Å². The number of carbonyl (C=O) groups is 2. The Bertz CT molecular complexity index is 434. The predicted molar refractivity (Wildman–Crippen MR) is 82.0 cm³/mol. The van der Waals surface area contributed by atoms with E-state index in [4.69, 9.17) is 5.11 Å². The molecule has 0 aliphatic carbocycles. The van der Waals surface area contributed by atoms with Crippen LogP contribution in [0, 0.1) is 3.57 Å². The summed E-state index contributed by atoms with van der Waals surface area (Å²) in [6.45, 7) is 0.613. The second kappa shape index (κ2) is 8.90. The summed E-state index contributed by atoms with van der Waals surface area (Å²) < 4.78 is 1.09. The highest BCUT2D eigenvalue weighted by atomic mass is 127. The van der Waals surface area contributed by atoms with E-state index in [0.29, 0.717) is 19.4 Å². The molecule has 1 aromatic carbocycles. The third kappa shape index (κ3) is 7.15. The molecule has 0 heterocycles. The lowest BCUT2D eigenvalue weighted by atomic mass is 10.1. The molecule has 0 unspecified atom stereocenters. The van der Waals surface area contributed by atoms with Gasteiger partial charge in [-0.2, -0.15) is 0 Å². The van der Waals surface area contributed by atoms with E-state index >= 15 is 0 Å². The molecule has 0 saturated heterocycles. The molecule has 0 fully saturated rings. The maximum Gasteiger partial charge on any atom is 0.303 e. The first-order valence-corrected chi connectivity index (χ1v) is 7.39. The highest BCUT2D eigenvalue weighted by Crippen LogP contribution is 2.11. The van der Waals surface area contributed by atoms with Crippen LogP contribution in [0.5, 0.6) is 0 Å². The lowest BCUT2D eigenvalue weighted by Crippen LogP contribution is -2.26. The molecule has 1 aromatic rings. The van der Waals surface area contributed by atoms with Crippen molar-refractivity contribution in [2.24, 2.45) is 0 Å². The van der Waals surface area contributed by atoms with Gasteiger partial charge < -0.3 is 10.4 Å². The Morgan fingerprint density at radius 3 is 2.58 bits per heavy atom. The highest BCUT2D eigenvalue weighted by Gasteiger charge is 2.05. The molecule has 0 aliphatic rings. The van der Waals surface area contributed by atoms with Gasteiger partial charge in [-0.1, -0.05) is 24.6 Å². The molecule has 1 amide bonds. The van der Waals surface area contributed by atoms with Crippen LogP contribution in [0.4, 0.5) is 0 Å². The van der Waals surface area contributed by atoms with Gasteiger partial charge in [-0.25, -0.2) is 0 Å². The summed E-state index contributed by atoms with van der Waals surface area (Å²) in [5, 5.41) is 11.3. The molecular formula is C14H18INO3. The van der Waals surface area contributed by atoms with Gasteiger partial charge in [-0.3, -0.25) is 9.59 Å². The fourth-order valence-electron chi connectivity index (χ4n) is 1.68.